The molecule has 0 spiro atoms. The Morgan fingerprint density at radius 2 is 0.929 bits per heavy atom. The molecule has 3 heteroatoms. The van der Waals surface area contributed by atoms with Gasteiger partial charge in [0.15, 0.2) is 0 Å². The van der Waals surface area contributed by atoms with Crippen molar-refractivity contribution in [1.29, 1.82) is 0 Å². The van der Waals surface area contributed by atoms with Crippen molar-refractivity contribution < 1.29 is 0 Å². The number of nitrogens with one attached hydrogen (secondary N) is 1. The van der Waals surface area contributed by atoms with Gasteiger partial charge in [-0.25, -0.2) is 4.98 Å². The number of aryl methyl sites for hydroxylation is 1. The van der Waals surface area contributed by atoms with Crippen LogP contribution in [0, 0.1) is 0 Å². The number of hydrogen-bond donors (Lipinski definition) is 2. The molecule has 4 N–H and O–H groups in total. The first-order valence-corrected chi connectivity index (χ1v) is 12.4. The monoisotopic (exact) mass is 393 g/mol. The molecule has 0 fully saturated rings. The van der Waals surface area contributed by atoms with Gasteiger partial charge in [-0.05, 0) is 6.42 Å². The number of aromatic amines is 1. The van der Waals surface area contributed by atoms with Crippen LogP contribution in [0.4, 0.5) is 0 Å². The topological polar surface area (TPSA) is 63.7 Å². The van der Waals surface area contributed by atoms with Crippen molar-refractivity contribution in [2.24, 2.45) is 0 Å². The Kier molecular flexibility index (Phi) is 21.8. The maximum atomic E-state index is 4.28. The van der Waals surface area contributed by atoms with E-state index < -0.39 is 0 Å². The molecule has 1 aromatic heterocycles. The summed E-state index contributed by atoms with van der Waals surface area (Å²) in [4.78, 5) is 7.47. The molecule has 0 saturated carbocycles. The van der Waals surface area contributed by atoms with E-state index in [9.17, 15) is 0 Å². The highest BCUT2D eigenvalue weighted by Crippen LogP contribution is 2.15. The first kappa shape index (κ1) is 27.2. The van der Waals surface area contributed by atoms with Gasteiger partial charge in [-0.15, -0.1) is 0 Å². The first-order chi connectivity index (χ1) is 13.4. The van der Waals surface area contributed by atoms with Crippen molar-refractivity contribution in [2.45, 2.75) is 142 Å². The van der Waals surface area contributed by atoms with Crippen molar-refractivity contribution in [2.75, 3.05) is 0 Å². The summed E-state index contributed by atoms with van der Waals surface area (Å²) in [7, 11) is 0. The number of H-pyrrole nitrogens is 1. The van der Waals surface area contributed by atoms with Gasteiger partial charge in [0.2, 0.25) is 0 Å². The Balaban J connectivity index is 0.00000729. The van der Waals surface area contributed by atoms with Gasteiger partial charge in [0.05, 0.1) is 0 Å². The summed E-state index contributed by atoms with van der Waals surface area (Å²) in [6.07, 6.45) is 33.8. The smallest absolute Gasteiger partial charge is 0.105 e. The average molecular weight is 394 g/mol. The van der Waals surface area contributed by atoms with Gasteiger partial charge >= 0.3 is 0 Å². The number of imidazole rings is 1. The zero-order valence-corrected chi connectivity index (χ0v) is 19.2. The van der Waals surface area contributed by atoms with Crippen LogP contribution in [-0.4, -0.2) is 9.97 Å². The summed E-state index contributed by atoms with van der Waals surface area (Å²) in [5.74, 6) is 1.15. The van der Waals surface area contributed by atoms with Crippen LogP contribution < -0.4 is 6.15 Å². The summed E-state index contributed by atoms with van der Waals surface area (Å²) < 4.78 is 0. The highest BCUT2D eigenvalue weighted by molar-refractivity contribution is 4.86. The molecule has 0 aliphatic carbocycles. The molecule has 0 unspecified atom stereocenters. The number of rotatable bonds is 21. The van der Waals surface area contributed by atoms with Crippen molar-refractivity contribution in [3.63, 3.8) is 0 Å². The van der Waals surface area contributed by atoms with E-state index in [4.69, 9.17) is 0 Å². The third-order valence-corrected chi connectivity index (χ3v) is 5.82. The summed E-state index contributed by atoms with van der Waals surface area (Å²) in [5.41, 5.74) is 0. The molecule has 0 radical (unpaired) electrons. The maximum absolute atomic E-state index is 4.28. The molecule has 0 aliphatic rings. The summed E-state index contributed by atoms with van der Waals surface area (Å²) >= 11 is 0. The zero-order valence-electron chi connectivity index (χ0n) is 19.2. The molecule has 0 amide bonds. The van der Waals surface area contributed by atoms with E-state index in [1.54, 1.807) is 0 Å². The summed E-state index contributed by atoms with van der Waals surface area (Å²) in [6, 6.07) is 0. The molecule has 0 aromatic carbocycles. The first-order valence-electron chi connectivity index (χ1n) is 12.4. The maximum Gasteiger partial charge on any atom is 0.105 e. The largest absolute Gasteiger partial charge is 0.349 e. The van der Waals surface area contributed by atoms with E-state index in [-0.39, 0.29) is 6.15 Å². The van der Waals surface area contributed by atoms with Gasteiger partial charge in [0.1, 0.15) is 5.82 Å². The minimum atomic E-state index is 0. The minimum Gasteiger partial charge on any atom is -0.349 e. The van der Waals surface area contributed by atoms with Crippen LogP contribution in [0.1, 0.15) is 141 Å². The lowest BCUT2D eigenvalue weighted by atomic mass is 10.0. The zero-order chi connectivity index (χ0) is 19.3. The van der Waals surface area contributed by atoms with Crippen molar-refractivity contribution >= 4 is 0 Å². The van der Waals surface area contributed by atoms with Gasteiger partial charge in [0, 0.05) is 18.8 Å². The molecule has 0 bridgehead atoms. The number of unbranched alkanes of at least 4 members (excludes halogenated alkanes) is 19. The fourth-order valence-corrected chi connectivity index (χ4v) is 3.98. The van der Waals surface area contributed by atoms with E-state index in [1.165, 1.54) is 128 Å². The fraction of sp³-hybridized carbons (Fsp3) is 0.880. The van der Waals surface area contributed by atoms with Crippen molar-refractivity contribution in [3.05, 3.63) is 18.2 Å². The third kappa shape index (κ3) is 18.5. The predicted molar refractivity (Wildman–Crippen MR) is 125 cm³/mol. The number of aromatic nitrogens is 2. The SMILES string of the molecule is CCCCCCCCCCCCCCCCCCCCCCc1ncc[nH]1.N. The second kappa shape index (κ2) is 22.5. The molecule has 1 rings (SSSR count). The number of nitrogens with zero attached hydrogens (tertiary/aromatic N) is 1. The Morgan fingerprint density at radius 1 is 0.571 bits per heavy atom. The van der Waals surface area contributed by atoms with Gasteiger partial charge in [0.25, 0.3) is 0 Å². The Morgan fingerprint density at radius 3 is 1.25 bits per heavy atom. The Labute approximate surface area is 176 Å². The van der Waals surface area contributed by atoms with Crippen molar-refractivity contribution in [1.82, 2.24) is 16.1 Å². The molecule has 0 aliphatic heterocycles. The molecular formula is C25H51N3. The third-order valence-electron chi connectivity index (χ3n) is 5.82. The summed E-state index contributed by atoms with van der Waals surface area (Å²) in [6.45, 7) is 2.30. The normalized spacial score (nSPS) is 10.9. The predicted octanol–water partition coefficient (Wildman–Crippen LogP) is 8.94. The van der Waals surface area contributed by atoms with Crippen LogP contribution in [0.15, 0.2) is 12.4 Å². The van der Waals surface area contributed by atoms with E-state index in [0.717, 1.165) is 12.2 Å². The number of hydrogen-bond acceptors (Lipinski definition) is 2. The molecule has 0 atom stereocenters. The standard InChI is InChI=1S/C25H48N2.H3N/c1-2-3-4-5-6-7-8-9-10-11-12-13-14-15-16-17-18-19-20-21-22-25-26-23-24-27-25;/h23-24H,2-22H2,1H3,(H,26,27);1H3. The lowest BCUT2D eigenvalue weighted by Gasteiger charge is -2.04. The lowest BCUT2D eigenvalue weighted by molar-refractivity contribution is 0.521. The van der Waals surface area contributed by atoms with Crippen LogP contribution in [0.3, 0.4) is 0 Å². The second-order valence-corrected chi connectivity index (χ2v) is 8.50. The van der Waals surface area contributed by atoms with Crippen LogP contribution in [0.25, 0.3) is 0 Å². The highest BCUT2D eigenvalue weighted by atomic mass is 14.9. The quantitative estimate of drug-likeness (QED) is 0.205. The minimum absolute atomic E-state index is 0. The van der Waals surface area contributed by atoms with Gasteiger partial charge in [-0.2, -0.15) is 0 Å². The molecule has 1 heterocycles. The van der Waals surface area contributed by atoms with Crippen molar-refractivity contribution in [3.8, 4) is 0 Å². The van der Waals surface area contributed by atoms with Crippen LogP contribution in [0.5, 0.6) is 0 Å². The van der Waals surface area contributed by atoms with Gasteiger partial charge in [-0.1, -0.05) is 129 Å². The van der Waals surface area contributed by atoms with Crippen LogP contribution >= 0.6 is 0 Å². The fourth-order valence-electron chi connectivity index (χ4n) is 3.98. The van der Waals surface area contributed by atoms with Gasteiger partial charge in [-0.3, -0.25) is 0 Å². The molecular weight excluding hydrogens is 342 g/mol. The molecule has 166 valence electrons. The van der Waals surface area contributed by atoms with Gasteiger partial charge < -0.3 is 11.1 Å². The van der Waals surface area contributed by atoms with E-state index in [1.807, 2.05) is 12.4 Å². The summed E-state index contributed by atoms with van der Waals surface area (Å²) in [5, 5.41) is 0. The average Bonchev–Trinajstić information content (AvgIpc) is 3.20. The van der Waals surface area contributed by atoms with E-state index in [2.05, 4.69) is 16.9 Å². The molecule has 0 saturated heterocycles. The van der Waals surface area contributed by atoms with Crippen LogP contribution in [0.2, 0.25) is 0 Å². The highest BCUT2D eigenvalue weighted by Gasteiger charge is 1.97. The molecule has 28 heavy (non-hydrogen) atoms. The van der Waals surface area contributed by atoms with Crippen LogP contribution in [-0.2, 0) is 6.42 Å². The molecule has 3 nitrogen and oxygen atoms in total. The Hall–Kier alpha value is -0.830. The van der Waals surface area contributed by atoms with E-state index in [0.29, 0.717) is 0 Å². The Bertz CT molecular complexity index is 375. The van der Waals surface area contributed by atoms with E-state index >= 15 is 0 Å². The molecule has 1 aromatic rings. The lowest BCUT2D eigenvalue weighted by Crippen LogP contribution is -1.88. The second-order valence-electron chi connectivity index (χ2n) is 8.50.